The maximum absolute atomic E-state index is 12.7. The van der Waals surface area contributed by atoms with Crippen LogP contribution >= 0.6 is 0 Å². The van der Waals surface area contributed by atoms with Gasteiger partial charge < -0.3 is 43.7 Å². The highest BCUT2D eigenvalue weighted by Gasteiger charge is 2.23. The standard InChI is InChI=1S/C26H31NO7.C21H19N3O.C2H7N/c1-27(21(19-30)8-7-13-28)26(32)25-12-11-24(16-20(25)18-29)34-15-5-3-2-4-14-33-23-10-6-9-22(31)17-23;1-24-19-9-10-22-13-18(19)17-7-5-14(11-20(17)24)15-6-8-21(23-12-15)25-16-3-2-4-16;1-3-2/h6,9-13,16-19,21,31H,2-5,7-8,14-15H2,1H3;5-13,16H,2-4H2,1H3;3H,1-2H3. The summed E-state index contributed by atoms with van der Waals surface area (Å²) in [5.41, 5.74) is 5.02. The molecule has 0 aliphatic heterocycles. The van der Waals surface area contributed by atoms with Crippen LogP contribution in [0.1, 0.15) is 78.5 Å². The Labute approximate surface area is 363 Å². The maximum atomic E-state index is 12.7. The van der Waals surface area contributed by atoms with Crippen LogP contribution in [0.4, 0.5) is 0 Å². The van der Waals surface area contributed by atoms with Crippen LogP contribution in [-0.2, 0) is 16.6 Å². The molecule has 1 aliphatic rings. The predicted molar refractivity (Wildman–Crippen MR) is 241 cm³/mol. The Hall–Kier alpha value is -6.60. The Morgan fingerprint density at radius 2 is 1.60 bits per heavy atom. The lowest BCUT2D eigenvalue weighted by Gasteiger charge is -2.25. The molecule has 1 atom stereocenters. The number of benzene rings is 3. The lowest BCUT2D eigenvalue weighted by Crippen LogP contribution is -2.38. The number of nitrogens with zero attached hydrogens (tertiary/aromatic N) is 4. The van der Waals surface area contributed by atoms with Gasteiger partial charge in [-0.15, -0.1) is 0 Å². The molecule has 1 amide bonds. The Morgan fingerprint density at radius 1 is 0.871 bits per heavy atom. The number of hydrogen-bond acceptors (Lipinski definition) is 11. The molecule has 3 aromatic heterocycles. The first-order valence-corrected chi connectivity index (χ1v) is 21.0. The van der Waals surface area contributed by atoms with E-state index in [1.807, 2.05) is 38.8 Å². The first kappa shape index (κ1) is 46.5. The molecule has 13 heteroatoms. The van der Waals surface area contributed by atoms with Crippen LogP contribution in [-0.4, -0.2) is 95.8 Å². The first-order valence-electron chi connectivity index (χ1n) is 21.0. The number of aldehydes is 3. The second-order valence-electron chi connectivity index (χ2n) is 15.1. The number of fused-ring (bicyclic) bond motifs is 3. The molecule has 6 aromatic rings. The zero-order valence-corrected chi connectivity index (χ0v) is 36.0. The Morgan fingerprint density at radius 3 is 2.23 bits per heavy atom. The van der Waals surface area contributed by atoms with Gasteiger partial charge in [0.2, 0.25) is 5.88 Å². The van der Waals surface area contributed by atoms with Crippen LogP contribution in [0.2, 0.25) is 0 Å². The fraction of sp³-hybridized carbons (Fsp3) is 0.347. The summed E-state index contributed by atoms with van der Waals surface area (Å²) in [5, 5.41) is 14.6. The number of amides is 1. The van der Waals surface area contributed by atoms with Gasteiger partial charge in [0, 0.05) is 78.7 Å². The Balaban J connectivity index is 0.000000227. The SMILES string of the molecule is CN(C(=O)c1ccc(OCCCCCCOc2cccc(O)c2)cc1C=O)C(C=O)CCC=O.CNC.Cn1c2ccncc2c2ccc(-c3ccc(OC4CCC4)nc3)cc21. The van der Waals surface area contributed by atoms with Crippen molar-refractivity contribution in [2.45, 2.75) is 69.9 Å². The third-order valence-electron chi connectivity index (χ3n) is 10.5. The van der Waals surface area contributed by atoms with Crippen molar-refractivity contribution >= 4 is 46.6 Å². The summed E-state index contributed by atoms with van der Waals surface area (Å²) in [6.07, 6.45) is 15.5. The monoisotopic (exact) mass is 843 g/mol. The first-order chi connectivity index (χ1) is 30.2. The number of aromatic hydroxyl groups is 1. The molecule has 3 heterocycles. The maximum Gasteiger partial charge on any atom is 0.254 e. The average molecular weight is 844 g/mol. The lowest BCUT2D eigenvalue weighted by atomic mass is 9.96. The van der Waals surface area contributed by atoms with Crippen LogP contribution in [0.25, 0.3) is 32.9 Å². The van der Waals surface area contributed by atoms with Crippen molar-refractivity contribution in [1.29, 1.82) is 0 Å². The van der Waals surface area contributed by atoms with E-state index in [9.17, 15) is 24.3 Å². The number of carbonyl (C=O) groups excluding carboxylic acids is 4. The topological polar surface area (TPSA) is 162 Å². The molecule has 1 fully saturated rings. The van der Waals surface area contributed by atoms with Gasteiger partial charge >= 0.3 is 0 Å². The molecule has 0 radical (unpaired) electrons. The second kappa shape index (κ2) is 24.0. The molecule has 2 N–H and O–H groups in total. The average Bonchev–Trinajstić information content (AvgIpc) is 3.56. The fourth-order valence-corrected chi connectivity index (χ4v) is 6.88. The minimum atomic E-state index is -0.738. The zero-order chi connectivity index (χ0) is 44.3. The molecule has 326 valence electrons. The summed E-state index contributed by atoms with van der Waals surface area (Å²) < 4.78 is 19.4. The van der Waals surface area contributed by atoms with Crippen LogP contribution in [0.3, 0.4) is 0 Å². The number of unbranched alkanes of at least 4 members (excludes halogenated alkanes) is 3. The summed E-state index contributed by atoms with van der Waals surface area (Å²) in [6, 6.07) is 23.3. The van der Waals surface area contributed by atoms with Crippen molar-refractivity contribution in [2.24, 2.45) is 7.05 Å². The third-order valence-corrected chi connectivity index (χ3v) is 10.5. The molecule has 0 saturated heterocycles. The van der Waals surface area contributed by atoms with E-state index in [0.717, 1.165) is 55.5 Å². The fourth-order valence-electron chi connectivity index (χ4n) is 6.88. The van der Waals surface area contributed by atoms with Crippen molar-refractivity contribution in [3.8, 4) is 34.3 Å². The van der Waals surface area contributed by atoms with E-state index >= 15 is 0 Å². The molecule has 1 aliphatic carbocycles. The number of aryl methyl sites for hydroxylation is 1. The number of hydrogen-bond donors (Lipinski definition) is 2. The molecule has 3 aromatic carbocycles. The van der Waals surface area contributed by atoms with Gasteiger partial charge in [0.15, 0.2) is 6.29 Å². The van der Waals surface area contributed by atoms with E-state index in [-0.39, 0.29) is 29.7 Å². The number of rotatable bonds is 19. The number of phenols is 1. The van der Waals surface area contributed by atoms with E-state index in [4.69, 9.17) is 14.2 Å². The number of nitrogens with one attached hydrogen (secondary N) is 1. The highest BCUT2D eigenvalue weighted by Crippen LogP contribution is 2.32. The lowest BCUT2D eigenvalue weighted by molar-refractivity contribution is -0.112. The summed E-state index contributed by atoms with van der Waals surface area (Å²) >= 11 is 0. The summed E-state index contributed by atoms with van der Waals surface area (Å²) in [7, 11) is 7.32. The van der Waals surface area contributed by atoms with Crippen LogP contribution < -0.4 is 19.5 Å². The normalized spacial score (nSPS) is 12.5. The second-order valence-corrected chi connectivity index (χ2v) is 15.1. The minimum Gasteiger partial charge on any atom is -0.508 e. The van der Waals surface area contributed by atoms with Gasteiger partial charge in [-0.25, -0.2) is 4.98 Å². The summed E-state index contributed by atoms with van der Waals surface area (Å²) in [5.74, 6) is 1.57. The predicted octanol–water partition coefficient (Wildman–Crippen LogP) is 8.40. The number of ether oxygens (including phenoxy) is 3. The smallest absolute Gasteiger partial charge is 0.254 e. The molecule has 7 rings (SSSR count). The molecule has 13 nitrogen and oxygen atoms in total. The van der Waals surface area contributed by atoms with E-state index in [1.165, 1.54) is 52.3 Å². The third kappa shape index (κ3) is 12.7. The highest BCUT2D eigenvalue weighted by molar-refractivity contribution is 6.08. The zero-order valence-electron chi connectivity index (χ0n) is 36.0. The minimum absolute atomic E-state index is 0.166. The van der Waals surface area contributed by atoms with Crippen molar-refractivity contribution in [3.05, 3.63) is 109 Å². The van der Waals surface area contributed by atoms with E-state index in [2.05, 4.69) is 57.2 Å². The van der Waals surface area contributed by atoms with Crippen molar-refractivity contribution in [3.63, 3.8) is 0 Å². The van der Waals surface area contributed by atoms with Gasteiger partial charge in [-0.1, -0.05) is 18.2 Å². The van der Waals surface area contributed by atoms with Gasteiger partial charge in [0.05, 0.1) is 30.3 Å². The van der Waals surface area contributed by atoms with Gasteiger partial charge in [-0.3, -0.25) is 14.6 Å². The molecule has 62 heavy (non-hydrogen) atoms. The van der Waals surface area contributed by atoms with Crippen molar-refractivity contribution in [2.75, 3.05) is 34.4 Å². The molecular weight excluding hydrogens is 787 g/mol. The van der Waals surface area contributed by atoms with Crippen molar-refractivity contribution in [1.82, 2.24) is 24.8 Å². The summed E-state index contributed by atoms with van der Waals surface area (Å²) in [6.45, 7) is 1.04. The van der Waals surface area contributed by atoms with Crippen LogP contribution in [0.15, 0.2) is 97.5 Å². The largest absolute Gasteiger partial charge is 0.508 e. The van der Waals surface area contributed by atoms with Crippen molar-refractivity contribution < 1.29 is 38.5 Å². The molecule has 0 spiro atoms. The number of phenolic OH excluding ortho intramolecular Hbond substituents is 1. The molecular formula is C49H57N5O8. The van der Waals surface area contributed by atoms with E-state index in [1.54, 1.807) is 30.3 Å². The number of pyridine rings is 2. The van der Waals surface area contributed by atoms with Gasteiger partial charge in [-0.05, 0) is 120 Å². The number of aromatic nitrogens is 3. The van der Waals surface area contributed by atoms with E-state index < -0.39 is 11.9 Å². The Kier molecular flexibility index (Phi) is 18.0. The van der Waals surface area contributed by atoms with Gasteiger partial charge in [-0.2, -0.15) is 0 Å². The number of likely N-dealkylation sites (N-methyl/N-ethyl adjacent to an activating group) is 1. The van der Waals surface area contributed by atoms with Gasteiger partial charge in [0.25, 0.3) is 5.91 Å². The Bertz CT molecular complexity index is 2380. The number of carbonyl (C=O) groups is 4. The molecule has 0 bridgehead atoms. The highest BCUT2D eigenvalue weighted by atomic mass is 16.5. The van der Waals surface area contributed by atoms with E-state index in [0.29, 0.717) is 49.7 Å². The molecule has 1 unspecified atom stereocenters. The van der Waals surface area contributed by atoms with Gasteiger partial charge in [0.1, 0.15) is 35.9 Å². The quantitative estimate of drug-likeness (QED) is 0.0595. The summed E-state index contributed by atoms with van der Waals surface area (Å²) in [4.78, 5) is 56.1. The molecule has 1 saturated carbocycles. The van der Waals surface area contributed by atoms with Crippen LogP contribution in [0, 0.1) is 0 Å². The van der Waals surface area contributed by atoms with Crippen LogP contribution in [0.5, 0.6) is 23.1 Å².